The van der Waals surface area contributed by atoms with Gasteiger partial charge >= 0.3 is 0 Å². The Bertz CT molecular complexity index is 1130. The van der Waals surface area contributed by atoms with Crippen LogP contribution in [0.5, 0.6) is 0 Å². The lowest BCUT2D eigenvalue weighted by molar-refractivity contribution is -0.187. The number of benzene rings is 1. The van der Waals surface area contributed by atoms with Crippen LogP contribution in [0, 0.1) is 11.3 Å². The molecule has 1 saturated carbocycles. The van der Waals surface area contributed by atoms with Crippen molar-refractivity contribution in [3.63, 3.8) is 0 Å². The average Bonchev–Trinajstić information content (AvgIpc) is 3.70. The lowest BCUT2D eigenvalue weighted by atomic mass is 9.48. The Kier molecular flexibility index (Phi) is 4.08. The first-order valence-electron chi connectivity index (χ1n) is 12.8. The molecule has 3 heterocycles. The standard InChI is InChI=1S/C28H34O6/c1-14(19-13-25(2)27(4,34-25)24(30)32-19)15-7-9-17-16(12-15)8-10-18-21(17)22-23(33-22)28(31)11-5-6-20(29)26(18,28)3/h5-7,9,12,14,18-19,21-24,30-31H,8,10-11,13H2,1-4H3/t14-,18-,19-,21-,22-,23-,24+,25-,26-,27+,28-/m0/s1. The molecule has 1 aromatic carbocycles. The van der Waals surface area contributed by atoms with Crippen molar-refractivity contribution in [2.75, 3.05) is 0 Å². The molecule has 34 heavy (non-hydrogen) atoms. The van der Waals surface area contributed by atoms with Crippen molar-refractivity contribution >= 4 is 5.78 Å². The van der Waals surface area contributed by atoms with Gasteiger partial charge in [0.05, 0.1) is 17.6 Å². The zero-order valence-corrected chi connectivity index (χ0v) is 20.3. The molecule has 6 nitrogen and oxygen atoms in total. The summed E-state index contributed by atoms with van der Waals surface area (Å²) in [7, 11) is 0. The molecule has 182 valence electrons. The molecule has 3 aliphatic carbocycles. The van der Waals surface area contributed by atoms with Gasteiger partial charge in [-0.05, 0) is 68.7 Å². The highest BCUT2D eigenvalue weighted by Crippen LogP contribution is 2.66. The number of hydrogen-bond acceptors (Lipinski definition) is 6. The van der Waals surface area contributed by atoms with E-state index in [1.54, 1.807) is 6.08 Å². The molecule has 0 amide bonds. The fourth-order valence-electron chi connectivity index (χ4n) is 8.09. The van der Waals surface area contributed by atoms with Gasteiger partial charge in [-0.3, -0.25) is 4.79 Å². The van der Waals surface area contributed by atoms with E-state index in [0.29, 0.717) is 6.42 Å². The smallest absolute Gasteiger partial charge is 0.186 e. The number of carbonyl (C=O) groups is 1. The Morgan fingerprint density at radius 2 is 1.97 bits per heavy atom. The third-order valence-corrected chi connectivity index (χ3v) is 10.8. The number of aryl methyl sites for hydroxylation is 1. The van der Waals surface area contributed by atoms with Crippen LogP contribution in [0.15, 0.2) is 30.4 Å². The van der Waals surface area contributed by atoms with Crippen LogP contribution in [-0.2, 0) is 25.4 Å². The SMILES string of the molecule is C[C@@H](c1ccc2c(c1)CC[C@H]1[C@H]2[C@@H]2O[C@@H]2[C@@]2(O)CC=CC(=O)[C@]12C)[C@@H]1C[C@]2(C)O[C@]2(C)[C@H](O)O1. The number of aliphatic hydroxyl groups excluding tert-OH is 1. The van der Waals surface area contributed by atoms with E-state index >= 15 is 0 Å². The van der Waals surface area contributed by atoms with Crippen LogP contribution in [0.4, 0.5) is 0 Å². The Morgan fingerprint density at radius 1 is 1.18 bits per heavy atom. The fourth-order valence-corrected chi connectivity index (χ4v) is 8.09. The molecule has 4 fully saturated rings. The molecule has 0 bridgehead atoms. The van der Waals surface area contributed by atoms with Crippen LogP contribution in [-0.4, -0.2) is 57.4 Å². The Balaban J connectivity index is 1.20. The number of ether oxygens (including phenoxy) is 3. The molecular weight excluding hydrogens is 432 g/mol. The first-order valence-corrected chi connectivity index (χ1v) is 12.8. The van der Waals surface area contributed by atoms with Crippen molar-refractivity contribution in [1.82, 2.24) is 0 Å². The van der Waals surface area contributed by atoms with Gasteiger partial charge in [-0.2, -0.15) is 0 Å². The van der Waals surface area contributed by atoms with Gasteiger partial charge in [0, 0.05) is 18.3 Å². The van der Waals surface area contributed by atoms with Gasteiger partial charge in [-0.15, -0.1) is 0 Å². The number of allylic oxidation sites excluding steroid dienone is 1. The molecule has 6 aliphatic rings. The van der Waals surface area contributed by atoms with Crippen molar-refractivity contribution in [2.24, 2.45) is 11.3 Å². The summed E-state index contributed by atoms with van der Waals surface area (Å²) in [6.45, 7) is 8.10. The number of aliphatic hydroxyl groups is 2. The zero-order chi connectivity index (χ0) is 23.8. The summed E-state index contributed by atoms with van der Waals surface area (Å²) in [6.07, 6.45) is 5.14. The number of rotatable bonds is 2. The summed E-state index contributed by atoms with van der Waals surface area (Å²) in [5, 5.41) is 22.1. The maximum Gasteiger partial charge on any atom is 0.186 e. The maximum atomic E-state index is 13.2. The number of ketones is 1. The predicted octanol–water partition coefficient (Wildman–Crippen LogP) is 3.14. The molecule has 3 aliphatic heterocycles. The molecule has 1 aromatic rings. The van der Waals surface area contributed by atoms with Crippen molar-refractivity contribution in [1.29, 1.82) is 0 Å². The van der Waals surface area contributed by atoms with Crippen LogP contribution < -0.4 is 0 Å². The Labute approximate surface area is 200 Å². The topological polar surface area (TPSA) is 91.8 Å². The van der Waals surface area contributed by atoms with Crippen LogP contribution in [0.2, 0.25) is 0 Å². The summed E-state index contributed by atoms with van der Waals surface area (Å²) in [5.74, 6) is 0.351. The lowest BCUT2D eigenvalue weighted by Crippen LogP contribution is -2.65. The highest BCUT2D eigenvalue weighted by Gasteiger charge is 2.75. The summed E-state index contributed by atoms with van der Waals surface area (Å²) in [5.41, 5.74) is 0.920. The lowest BCUT2D eigenvalue weighted by Gasteiger charge is -2.55. The van der Waals surface area contributed by atoms with Gasteiger partial charge in [0.1, 0.15) is 22.9 Å². The van der Waals surface area contributed by atoms with Gasteiger partial charge in [0.2, 0.25) is 0 Å². The van der Waals surface area contributed by atoms with Gasteiger partial charge in [0.15, 0.2) is 12.1 Å². The molecule has 0 radical (unpaired) electrons. The minimum Gasteiger partial charge on any atom is -0.386 e. The minimum atomic E-state index is -1.11. The largest absolute Gasteiger partial charge is 0.386 e. The second-order valence-electron chi connectivity index (χ2n) is 12.2. The van der Waals surface area contributed by atoms with Crippen molar-refractivity contribution < 1.29 is 29.2 Å². The number of epoxide rings is 2. The van der Waals surface area contributed by atoms with Crippen molar-refractivity contribution in [2.45, 2.75) is 107 Å². The van der Waals surface area contributed by atoms with E-state index < -0.39 is 22.9 Å². The number of carbonyl (C=O) groups excluding carboxylic acids is 1. The molecule has 3 saturated heterocycles. The van der Waals surface area contributed by atoms with E-state index in [0.717, 1.165) is 19.3 Å². The Hall–Kier alpha value is -1.57. The quantitative estimate of drug-likeness (QED) is 0.651. The predicted molar refractivity (Wildman–Crippen MR) is 123 cm³/mol. The third kappa shape index (κ3) is 2.42. The highest BCUT2D eigenvalue weighted by atomic mass is 16.7. The van der Waals surface area contributed by atoms with Gasteiger partial charge < -0.3 is 24.4 Å². The van der Waals surface area contributed by atoms with Crippen molar-refractivity contribution in [3.8, 4) is 0 Å². The molecule has 0 aromatic heterocycles. The van der Waals surface area contributed by atoms with Gasteiger partial charge in [-0.25, -0.2) is 0 Å². The summed E-state index contributed by atoms with van der Waals surface area (Å²) < 4.78 is 18.0. The molecule has 2 N–H and O–H groups in total. The van der Waals surface area contributed by atoms with Gasteiger partial charge in [-0.1, -0.05) is 31.2 Å². The van der Waals surface area contributed by atoms with Gasteiger partial charge in [0.25, 0.3) is 0 Å². The summed E-state index contributed by atoms with van der Waals surface area (Å²) in [4.78, 5) is 13.2. The maximum absolute atomic E-state index is 13.2. The average molecular weight is 467 g/mol. The second kappa shape index (κ2) is 6.40. The Morgan fingerprint density at radius 3 is 2.74 bits per heavy atom. The molecule has 0 unspecified atom stereocenters. The zero-order valence-electron chi connectivity index (χ0n) is 20.3. The van der Waals surface area contributed by atoms with Crippen LogP contribution in [0.25, 0.3) is 0 Å². The molecular formula is C28H34O6. The van der Waals surface area contributed by atoms with E-state index in [4.69, 9.17) is 14.2 Å². The monoisotopic (exact) mass is 466 g/mol. The van der Waals surface area contributed by atoms with Crippen LogP contribution in [0.3, 0.4) is 0 Å². The van der Waals surface area contributed by atoms with E-state index in [1.807, 2.05) is 19.9 Å². The number of hydrogen-bond donors (Lipinski definition) is 2. The van der Waals surface area contributed by atoms with Crippen LogP contribution >= 0.6 is 0 Å². The summed E-state index contributed by atoms with van der Waals surface area (Å²) >= 11 is 0. The molecule has 0 spiro atoms. The minimum absolute atomic E-state index is 0.0221. The number of fused-ring (bicyclic) bond motifs is 9. The first kappa shape index (κ1) is 21.7. The first-order chi connectivity index (χ1) is 16.0. The second-order valence-corrected chi connectivity index (χ2v) is 12.2. The third-order valence-electron chi connectivity index (χ3n) is 10.8. The highest BCUT2D eigenvalue weighted by molar-refractivity contribution is 5.97. The summed E-state index contributed by atoms with van der Waals surface area (Å²) in [6, 6.07) is 6.68. The molecule has 7 rings (SSSR count). The normalized spacial score (nSPS) is 53.1. The van der Waals surface area contributed by atoms with E-state index in [1.165, 1.54) is 16.7 Å². The van der Waals surface area contributed by atoms with Crippen LogP contribution in [0.1, 0.15) is 75.5 Å². The van der Waals surface area contributed by atoms with E-state index in [-0.39, 0.29) is 47.4 Å². The molecule has 11 atom stereocenters. The van der Waals surface area contributed by atoms with E-state index in [9.17, 15) is 15.0 Å². The van der Waals surface area contributed by atoms with Crippen molar-refractivity contribution in [3.05, 3.63) is 47.0 Å². The molecule has 6 heteroatoms. The van der Waals surface area contributed by atoms with E-state index in [2.05, 4.69) is 32.0 Å². The fraction of sp³-hybridized carbons (Fsp3) is 0.679.